The third kappa shape index (κ3) is 2.89. The van der Waals surface area contributed by atoms with Gasteiger partial charge in [0.15, 0.2) is 5.78 Å². The van der Waals surface area contributed by atoms with E-state index in [1.165, 1.54) is 0 Å². The second-order valence-electron chi connectivity index (χ2n) is 4.00. The minimum atomic E-state index is 0.255. The maximum Gasteiger partial charge on any atom is 0.163 e. The number of carbonyl (C=O) groups excluding carboxylic acids is 1. The van der Waals surface area contributed by atoms with E-state index in [-0.39, 0.29) is 5.78 Å². The molecule has 2 rings (SSSR count). The molecule has 0 radical (unpaired) electrons. The van der Waals surface area contributed by atoms with E-state index in [2.05, 4.69) is 21.2 Å². The van der Waals surface area contributed by atoms with Crippen LogP contribution in [0.5, 0.6) is 0 Å². The fourth-order valence-electron chi connectivity index (χ4n) is 1.93. The van der Waals surface area contributed by atoms with E-state index in [4.69, 9.17) is 0 Å². The first kappa shape index (κ1) is 10.8. The lowest BCUT2D eigenvalue weighted by molar-refractivity contribution is 0.0964. The summed E-state index contributed by atoms with van der Waals surface area (Å²) in [5.41, 5.74) is 0.816. The summed E-state index contributed by atoms with van der Waals surface area (Å²) in [6.45, 7) is 2.04. The molecule has 1 aliphatic heterocycles. The average molecular weight is 268 g/mol. The van der Waals surface area contributed by atoms with Crippen molar-refractivity contribution in [2.45, 2.75) is 12.8 Å². The Labute approximate surface area is 98.2 Å². The number of ketones is 1. The van der Waals surface area contributed by atoms with E-state index >= 15 is 0 Å². The zero-order valence-electron chi connectivity index (χ0n) is 8.50. The van der Waals surface area contributed by atoms with Crippen LogP contribution in [-0.2, 0) is 0 Å². The average Bonchev–Trinajstić information content (AvgIpc) is 2.70. The predicted molar refractivity (Wildman–Crippen MR) is 64.1 cm³/mol. The molecule has 1 atom stereocenters. The zero-order chi connectivity index (χ0) is 10.7. The number of benzene rings is 1. The Balaban J connectivity index is 2.01. The molecule has 1 fully saturated rings. The van der Waals surface area contributed by atoms with Crippen molar-refractivity contribution in [3.63, 3.8) is 0 Å². The van der Waals surface area contributed by atoms with Gasteiger partial charge in [-0.15, -0.1) is 0 Å². The summed E-state index contributed by atoms with van der Waals surface area (Å²) in [6, 6.07) is 7.62. The molecule has 1 heterocycles. The Morgan fingerprint density at radius 1 is 1.53 bits per heavy atom. The fraction of sp³-hybridized carbons (Fsp3) is 0.417. The SMILES string of the molecule is O=C(CC1CCNC1)c1cccc(Br)c1. The number of hydrogen-bond acceptors (Lipinski definition) is 2. The van der Waals surface area contributed by atoms with E-state index in [9.17, 15) is 4.79 Å². The van der Waals surface area contributed by atoms with Crippen molar-refractivity contribution in [1.29, 1.82) is 0 Å². The topological polar surface area (TPSA) is 29.1 Å². The van der Waals surface area contributed by atoms with Crippen LogP contribution in [0.1, 0.15) is 23.2 Å². The van der Waals surface area contributed by atoms with Crippen LogP contribution in [0.25, 0.3) is 0 Å². The minimum Gasteiger partial charge on any atom is -0.316 e. The van der Waals surface area contributed by atoms with Crippen LogP contribution in [0.4, 0.5) is 0 Å². The molecule has 2 nitrogen and oxygen atoms in total. The van der Waals surface area contributed by atoms with Crippen LogP contribution >= 0.6 is 15.9 Å². The largest absolute Gasteiger partial charge is 0.316 e. The summed E-state index contributed by atoms with van der Waals surface area (Å²) in [7, 11) is 0. The molecular formula is C12H14BrNO. The summed E-state index contributed by atoms with van der Waals surface area (Å²) in [5, 5.41) is 3.28. The van der Waals surface area contributed by atoms with Crippen LogP contribution in [0.2, 0.25) is 0 Å². The molecule has 1 N–H and O–H groups in total. The van der Waals surface area contributed by atoms with E-state index in [0.29, 0.717) is 12.3 Å². The molecule has 1 saturated heterocycles. The molecule has 1 unspecified atom stereocenters. The fourth-order valence-corrected chi connectivity index (χ4v) is 2.33. The molecule has 0 saturated carbocycles. The Morgan fingerprint density at radius 2 is 2.40 bits per heavy atom. The molecule has 1 aromatic rings. The van der Waals surface area contributed by atoms with E-state index in [1.54, 1.807) is 0 Å². The summed E-state index contributed by atoms with van der Waals surface area (Å²) >= 11 is 3.38. The van der Waals surface area contributed by atoms with Gasteiger partial charge in [-0.2, -0.15) is 0 Å². The highest BCUT2D eigenvalue weighted by molar-refractivity contribution is 9.10. The first-order chi connectivity index (χ1) is 7.25. The smallest absolute Gasteiger partial charge is 0.163 e. The second-order valence-corrected chi connectivity index (χ2v) is 4.91. The van der Waals surface area contributed by atoms with Crippen LogP contribution < -0.4 is 5.32 Å². The number of halogens is 1. The highest BCUT2D eigenvalue weighted by Gasteiger charge is 2.18. The van der Waals surface area contributed by atoms with E-state index in [0.717, 1.165) is 29.5 Å². The van der Waals surface area contributed by atoms with Gasteiger partial charge in [0.2, 0.25) is 0 Å². The standard InChI is InChI=1S/C12H14BrNO/c13-11-3-1-2-10(7-11)12(15)6-9-4-5-14-8-9/h1-3,7,9,14H,4-6,8H2. The number of nitrogens with one attached hydrogen (secondary N) is 1. The zero-order valence-corrected chi connectivity index (χ0v) is 10.1. The lowest BCUT2D eigenvalue weighted by Gasteiger charge is -2.07. The molecule has 3 heteroatoms. The van der Waals surface area contributed by atoms with Gasteiger partial charge >= 0.3 is 0 Å². The molecule has 0 aromatic heterocycles. The summed E-state index contributed by atoms with van der Waals surface area (Å²) < 4.78 is 0.970. The van der Waals surface area contributed by atoms with Gasteiger partial charge in [-0.25, -0.2) is 0 Å². The highest BCUT2D eigenvalue weighted by atomic mass is 79.9. The van der Waals surface area contributed by atoms with Gasteiger partial charge in [0.1, 0.15) is 0 Å². The molecule has 0 bridgehead atoms. The number of carbonyl (C=O) groups is 1. The maximum atomic E-state index is 11.9. The Morgan fingerprint density at radius 3 is 3.07 bits per heavy atom. The second kappa shape index (κ2) is 4.90. The third-order valence-corrected chi connectivity index (χ3v) is 3.28. The summed E-state index contributed by atoms with van der Waals surface area (Å²) in [4.78, 5) is 11.9. The van der Waals surface area contributed by atoms with Gasteiger partial charge in [0.05, 0.1) is 0 Å². The molecule has 0 aliphatic carbocycles. The predicted octanol–water partition coefficient (Wildman–Crippen LogP) is 2.63. The lowest BCUT2D eigenvalue weighted by Crippen LogP contribution is -2.12. The van der Waals surface area contributed by atoms with Crippen LogP contribution in [-0.4, -0.2) is 18.9 Å². The molecule has 0 spiro atoms. The Kier molecular flexibility index (Phi) is 3.54. The Bertz CT molecular complexity index is 358. The van der Waals surface area contributed by atoms with Crippen molar-refractivity contribution in [2.24, 2.45) is 5.92 Å². The molecule has 1 aliphatic rings. The van der Waals surface area contributed by atoms with Crippen molar-refractivity contribution in [2.75, 3.05) is 13.1 Å². The maximum absolute atomic E-state index is 11.9. The molecule has 80 valence electrons. The molecule has 0 amide bonds. The van der Waals surface area contributed by atoms with E-state index in [1.807, 2.05) is 24.3 Å². The molecule has 1 aromatic carbocycles. The van der Waals surface area contributed by atoms with Gasteiger partial charge < -0.3 is 5.32 Å². The van der Waals surface area contributed by atoms with Crippen molar-refractivity contribution < 1.29 is 4.79 Å². The van der Waals surface area contributed by atoms with Crippen molar-refractivity contribution in [3.8, 4) is 0 Å². The van der Waals surface area contributed by atoms with Crippen LogP contribution in [0.15, 0.2) is 28.7 Å². The van der Waals surface area contributed by atoms with Gasteiger partial charge in [-0.05, 0) is 37.6 Å². The molecular weight excluding hydrogens is 254 g/mol. The third-order valence-electron chi connectivity index (χ3n) is 2.78. The van der Waals surface area contributed by atoms with Crippen molar-refractivity contribution in [3.05, 3.63) is 34.3 Å². The lowest BCUT2D eigenvalue weighted by atomic mass is 9.98. The van der Waals surface area contributed by atoms with E-state index < -0.39 is 0 Å². The van der Waals surface area contributed by atoms with Crippen LogP contribution in [0, 0.1) is 5.92 Å². The summed E-state index contributed by atoms with van der Waals surface area (Å²) in [5.74, 6) is 0.779. The number of hydrogen-bond donors (Lipinski definition) is 1. The highest BCUT2D eigenvalue weighted by Crippen LogP contribution is 2.18. The van der Waals surface area contributed by atoms with Gasteiger partial charge in [0.25, 0.3) is 0 Å². The van der Waals surface area contributed by atoms with Crippen molar-refractivity contribution >= 4 is 21.7 Å². The first-order valence-electron chi connectivity index (χ1n) is 5.25. The number of Topliss-reactive ketones (excluding diaryl/α,β-unsaturated/α-hetero) is 1. The normalized spacial score (nSPS) is 20.5. The van der Waals surface area contributed by atoms with Gasteiger partial charge in [-0.1, -0.05) is 28.1 Å². The quantitative estimate of drug-likeness (QED) is 0.854. The first-order valence-corrected chi connectivity index (χ1v) is 6.04. The number of rotatable bonds is 3. The monoisotopic (exact) mass is 267 g/mol. The summed E-state index contributed by atoms with van der Waals surface area (Å²) in [6.07, 6.45) is 1.79. The van der Waals surface area contributed by atoms with Crippen LogP contribution in [0.3, 0.4) is 0 Å². The van der Waals surface area contributed by atoms with Gasteiger partial charge in [-0.3, -0.25) is 4.79 Å². The van der Waals surface area contributed by atoms with Crippen molar-refractivity contribution in [1.82, 2.24) is 5.32 Å². The Hall–Kier alpha value is -0.670. The van der Waals surface area contributed by atoms with Gasteiger partial charge in [0, 0.05) is 16.5 Å². The minimum absolute atomic E-state index is 0.255. The molecule has 15 heavy (non-hydrogen) atoms.